The molecular weight excluding hydrogens is 248 g/mol. The first-order chi connectivity index (χ1) is 8.94. The van der Waals surface area contributed by atoms with E-state index in [0.717, 1.165) is 6.54 Å². The first-order valence-electron chi connectivity index (χ1n) is 6.81. The lowest BCUT2D eigenvalue weighted by Gasteiger charge is -2.28. The van der Waals surface area contributed by atoms with E-state index < -0.39 is 11.5 Å². The van der Waals surface area contributed by atoms with Gasteiger partial charge in [0.15, 0.2) is 0 Å². The Morgan fingerprint density at radius 2 is 2.05 bits per heavy atom. The molecule has 110 valence electrons. The van der Waals surface area contributed by atoms with Crippen molar-refractivity contribution in [2.45, 2.75) is 45.2 Å². The van der Waals surface area contributed by atoms with E-state index in [-0.39, 0.29) is 17.9 Å². The summed E-state index contributed by atoms with van der Waals surface area (Å²) in [4.78, 5) is 23.5. The van der Waals surface area contributed by atoms with E-state index in [1.165, 1.54) is 0 Å². The van der Waals surface area contributed by atoms with Crippen LogP contribution in [0.2, 0.25) is 0 Å². The first-order valence-corrected chi connectivity index (χ1v) is 6.81. The fraction of sp³-hybridized carbons (Fsp3) is 0.846. The maximum Gasteiger partial charge on any atom is 0.329 e. The Morgan fingerprint density at radius 3 is 2.58 bits per heavy atom. The Morgan fingerprint density at radius 1 is 1.37 bits per heavy atom. The molecule has 6 heteroatoms. The normalized spacial score (nSPS) is 25.8. The van der Waals surface area contributed by atoms with Crippen LogP contribution < -0.4 is 10.6 Å². The third-order valence-electron chi connectivity index (χ3n) is 3.50. The number of carbonyl (C=O) groups excluding carboxylic acids is 1. The summed E-state index contributed by atoms with van der Waals surface area (Å²) in [7, 11) is 0. The summed E-state index contributed by atoms with van der Waals surface area (Å²) in [5, 5.41) is 15.1. The molecule has 0 aliphatic carbocycles. The number of hydrogen-bond donors (Lipinski definition) is 3. The Labute approximate surface area is 113 Å². The highest BCUT2D eigenvalue weighted by molar-refractivity contribution is 5.88. The Hall–Kier alpha value is -1.14. The molecule has 0 radical (unpaired) electrons. The lowest BCUT2D eigenvalue weighted by molar-refractivity contribution is -0.148. The summed E-state index contributed by atoms with van der Waals surface area (Å²) in [6.45, 7) is 6.99. The fourth-order valence-electron chi connectivity index (χ4n) is 2.36. The molecule has 3 atom stereocenters. The third-order valence-corrected chi connectivity index (χ3v) is 3.50. The van der Waals surface area contributed by atoms with E-state index in [1.807, 2.05) is 13.8 Å². The van der Waals surface area contributed by atoms with Crippen molar-refractivity contribution < 1.29 is 19.4 Å². The maximum absolute atomic E-state index is 12.2. The molecule has 3 N–H and O–H groups in total. The maximum atomic E-state index is 12.2. The largest absolute Gasteiger partial charge is 0.480 e. The van der Waals surface area contributed by atoms with Gasteiger partial charge in [-0.1, -0.05) is 20.3 Å². The van der Waals surface area contributed by atoms with Crippen LogP contribution in [0.4, 0.5) is 0 Å². The molecule has 19 heavy (non-hydrogen) atoms. The van der Waals surface area contributed by atoms with E-state index in [1.54, 1.807) is 6.92 Å². The molecular formula is C13H24N2O4. The van der Waals surface area contributed by atoms with Crippen molar-refractivity contribution in [2.24, 2.45) is 5.92 Å². The molecule has 0 spiro atoms. The van der Waals surface area contributed by atoms with Crippen LogP contribution in [0, 0.1) is 5.92 Å². The van der Waals surface area contributed by atoms with Gasteiger partial charge in [0.25, 0.3) is 0 Å². The minimum absolute atomic E-state index is 0.0373. The second kappa shape index (κ2) is 6.86. The van der Waals surface area contributed by atoms with Crippen molar-refractivity contribution in [1.82, 2.24) is 10.6 Å². The Kier molecular flexibility index (Phi) is 5.75. The molecule has 1 fully saturated rings. The average molecular weight is 272 g/mol. The number of ether oxygens (including phenoxy) is 1. The lowest BCUT2D eigenvalue weighted by atomic mass is 9.94. The Balaban J connectivity index is 2.69. The third kappa shape index (κ3) is 3.91. The molecule has 1 rings (SSSR count). The summed E-state index contributed by atoms with van der Waals surface area (Å²) in [6, 6.07) is -0.0373. The van der Waals surface area contributed by atoms with Crippen LogP contribution >= 0.6 is 0 Å². The van der Waals surface area contributed by atoms with Gasteiger partial charge in [-0.25, -0.2) is 4.79 Å². The van der Waals surface area contributed by atoms with Crippen LogP contribution in [0.3, 0.4) is 0 Å². The number of hydrogen-bond acceptors (Lipinski definition) is 4. The van der Waals surface area contributed by atoms with Crippen LogP contribution in [0.1, 0.15) is 33.6 Å². The molecule has 1 heterocycles. The van der Waals surface area contributed by atoms with Crippen molar-refractivity contribution in [3.05, 3.63) is 0 Å². The molecule has 0 saturated carbocycles. The number of aliphatic carboxylic acids is 1. The molecule has 0 aromatic rings. The van der Waals surface area contributed by atoms with E-state index in [2.05, 4.69) is 10.6 Å². The summed E-state index contributed by atoms with van der Waals surface area (Å²) in [6.07, 6.45) is 1.11. The zero-order valence-electron chi connectivity index (χ0n) is 11.9. The molecule has 6 nitrogen and oxygen atoms in total. The summed E-state index contributed by atoms with van der Waals surface area (Å²) < 4.78 is 5.31. The van der Waals surface area contributed by atoms with Crippen LogP contribution in [-0.4, -0.2) is 48.3 Å². The van der Waals surface area contributed by atoms with Crippen molar-refractivity contribution in [3.63, 3.8) is 0 Å². The average Bonchev–Trinajstić information content (AvgIpc) is 2.77. The fourth-order valence-corrected chi connectivity index (χ4v) is 2.36. The number of likely N-dealkylation sites (N-methyl/N-ethyl adjacent to an activating group) is 1. The van der Waals surface area contributed by atoms with Gasteiger partial charge < -0.3 is 20.5 Å². The zero-order chi connectivity index (χ0) is 14.5. The number of nitrogens with one attached hydrogen (secondary N) is 2. The van der Waals surface area contributed by atoms with Gasteiger partial charge in [-0.05, 0) is 19.9 Å². The van der Waals surface area contributed by atoms with E-state index >= 15 is 0 Å². The highest BCUT2D eigenvalue weighted by atomic mass is 16.5. The predicted octanol–water partition coefficient (Wildman–Crippen LogP) is 0.371. The number of carboxylic acids is 1. The Bertz CT molecular complexity index is 335. The van der Waals surface area contributed by atoms with Crippen LogP contribution in [-0.2, 0) is 14.3 Å². The molecule has 1 saturated heterocycles. The highest BCUT2D eigenvalue weighted by Crippen LogP contribution is 2.18. The molecule has 1 aliphatic heterocycles. The van der Waals surface area contributed by atoms with Crippen molar-refractivity contribution in [1.29, 1.82) is 0 Å². The van der Waals surface area contributed by atoms with Gasteiger partial charge in [0.1, 0.15) is 5.54 Å². The quantitative estimate of drug-likeness (QED) is 0.623. The minimum atomic E-state index is -1.20. The number of rotatable bonds is 7. The smallest absolute Gasteiger partial charge is 0.329 e. The molecule has 0 bridgehead atoms. The molecule has 0 aromatic heterocycles. The van der Waals surface area contributed by atoms with Gasteiger partial charge in [-0.3, -0.25) is 4.79 Å². The van der Waals surface area contributed by atoms with Crippen LogP contribution in [0.5, 0.6) is 0 Å². The summed E-state index contributed by atoms with van der Waals surface area (Å²) >= 11 is 0. The number of carboxylic acid groups (broad SMARTS) is 1. The molecule has 1 amide bonds. The highest BCUT2D eigenvalue weighted by Gasteiger charge is 2.39. The standard InChI is InChI=1S/C13H24N2O4/c1-4-6-13(3,12(17)18)15-11(16)9-7-19-8-10(9)14-5-2/h9-10,14H,4-8H2,1-3H3,(H,15,16)(H,17,18). The van der Waals surface area contributed by atoms with Crippen LogP contribution in [0.15, 0.2) is 0 Å². The van der Waals surface area contributed by atoms with E-state index in [4.69, 9.17) is 4.74 Å². The summed E-state index contributed by atoms with van der Waals surface area (Å²) in [5.41, 5.74) is -1.20. The predicted molar refractivity (Wildman–Crippen MR) is 70.9 cm³/mol. The van der Waals surface area contributed by atoms with Crippen molar-refractivity contribution >= 4 is 11.9 Å². The molecule has 3 unspecified atom stereocenters. The first kappa shape index (κ1) is 15.9. The topological polar surface area (TPSA) is 87.7 Å². The van der Waals surface area contributed by atoms with Crippen molar-refractivity contribution in [2.75, 3.05) is 19.8 Å². The SMILES string of the molecule is CCCC(C)(NC(=O)C1COCC1NCC)C(=O)O. The van der Waals surface area contributed by atoms with Gasteiger partial charge in [0, 0.05) is 6.04 Å². The van der Waals surface area contributed by atoms with E-state index in [0.29, 0.717) is 26.1 Å². The number of carbonyl (C=O) groups is 2. The molecule has 1 aliphatic rings. The van der Waals surface area contributed by atoms with Gasteiger partial charge in [0.05, 0.1) is 19.1 Å². The van der Waals surface area contributed by atoms with Gasteiger partial charge >= 0.3 is 5.97 Å². The van der Waals surface area contributed by atoms with E-state index in [9.17, 15) is 14.7 Å². The van der Waals surface area contributed by atoms with Crippen LogP contribution in [0.25, 0.3) is 0 Å². The number of amides is 1. The lowest BCUT2D eigenvalue weighted by Crippen LogP contribution is -2.56. The van der Waals surface area contributed by atoms with Gasteiger partial charge in [-0.2, -0.15) is 0 Å². The zero-order valence-corrected chi connectivity index (χ0v) is 11.9. The van der Waals surface area contributed by atoms with Gasteiger partial charge in [-0.15, -0.1) is 0 Å². The van der Waals surface area contributed by atoms with Gasteiger partial charge in [0.2, 0.25) is 5.91 Å². The second-order valence-corrected chi connectivity index (χ2v) is 5.18. The summed E-state index contributed by atoms with van der Waals surface area (Å²) in [5.74, 6) is -1.57. The molecule has 0 aromatic carbocycles. The second-order valence-electron chi connectivity index (χ2n) is 5.18. The minimum Gasteiger partial charge on any atom is -0.480 e. The van der Waals surface area contributed by atoms with Crippen molar-refractivity contribution in [3.8, 4) is 0 Å². The monoisotopic (exact) mass is 272 g/mol.